The lowest BCUT2D eigenvalue weighted by Crippen LogP contribution is -2.14. The summed E-state index contributed by atoms with van der Waals surface area (Å²) < 4.78 is 13.6. The Morgan fingerprint density at radius 1 is 1.33 bits per heavy atom. The number of aromatic nitrogens is 1. The van der Waals surface area contributed by atoms with E-state index in [1.54, 1.807) is 0 Å². The number of nitro groups is 1. The van der Waals surface area contributed by atoms with E-state index < -0.39 is 22.3 Å². The molecule has 21 heavy (non-hydrogen) atoms. The van der Waals surface area contributed by atoms with Crippen molar-refractivity contribution in [3.05, 3.63) is 58.0 Å². The van der Waals surface area contributed by atoms with Crippen molar-refractivity contribution in [2.24, 2.45) is 5.84 Å². The maximum absolute atomic E-state index is 13.6. The first-order valence-electron chi connectivity index (χ1n) is 5.69. The van der Waals surface area contributed by atoms with E-state index in [-0.39, 0.29) is 11.3 Å². The van der Waals surface area contributed by atoms with E-state index in [0.717, 1.165) is 18.2 Å². The van der Waals surface area contributed by atoms with Gasteiger partial charge in [-0.3, -0.25) is 14.9 Å². The standard InChI is InChI=1S/C12H10FN5O3/c13-9-5-8(18(20)21)2-3-10(9)16-12(19)7-1-4-11(17-14)15-6-7/h1-6H,14H2,(H,15,17)(H,16,19). The Bertz CT molecular complexity index is 690. The summed E-state index contributed by atoms with van der Waals surface area (Å²) in [5.74, 6) is 4.01. The van der Waals surface area contributed by atoms with E-state index in [9.17, 15) is 19.3 Å². The van der Waals surface area contributed by atoms with E-state index in [1.807, 2.05) is 0 Å². The van der Waals surface area contributed by atoms with Crippen LogP contribution < -0.4 is 16.6 Å². The summed E-state index contributed by atoms with van der Waals surface area (Å²) in [5, 5.41) is 12.8. The topological polar surface area (TPSA) is 123 Å². The number of nitrogen functional groups attached to an aromatic ring is 1. The van der Waals surface area contributed by atoms with Crippen LogP contribution in [0.4, 0.5) is 21.6 Å². The van der Waals surface area contributed by atoms with Crippen LogP contribution >= 0.6 is 0 Å². The highest BCUT2D eigenvalue weighted by molar-refractivity contribution is 6.04. The monoisotopic (exact) mass is 291 g/mol. The summed E-state index contributed by atoms with van der Waals surface area (Å²) >= 11 is 0. The van der Waals surface area contributed by atoms with Crippen LogP contribution in [-0.4, -0.2) is 15.8 Å². The molecule has 2 aromatic rings. The number of non-ortho nitro benzene ring substituents is 1. The third-order valence-electron chi connectivity index (χ3n) is 2.59. The second-order valence-corrected chi connectivity index (χ2v) is 3.95. The number of hydrogen-bond donors (Lipinski definition) is 3. The van der Waals surface area contributed by atoms with Crippen molar-refractivity contribution in [1.82, 2.24) is 4.98 Å². The number of nitrogens with zero attached hydrogens (tertiary/aromatic N) is 2. The highest BCUT2D eigenvalue weighted by Gasteiger charge is 2.13. The fourth-order valence-electron chi connectivity index (χ4n) is 1.53. The van der Waals surface area contributed by atoms with Crippen LogP contribution in [0.5, 0.6) is 0 Å². The second-order valence-electron chi connectivity index (χ2n) is 3.95. The number of nitrogens with two attached hydrogens (primary N) is 1. The lowest BCUT2D eigenvalue weighted by atomic mass is 10.2. The number of hydrogen-bond acceptors (Lipinski definition) is 6. The van der Waals surface area contributed by atoms with E-state index in [2.05, 4.69) is 15.7 Å². The second kappa shape index (κ2) is 5.92. The molecule has 0 unspecified atom stereocenters. The van der Waals surface area contributed by atoms with Gasteiger partial charge in [-0.2, -0.15) is 0 Å². The summed E-state index contributed by atoms with van der Waals surface area (Å²) in [6.07, 6.45) is 1.26. The Morgan fingerprint density at radius 2 is 2.10 bits per heavy atom. The van der Waals surface area contributed by atoms with Crippen LogP contribution in [0.25, 0.3) is 0 Å². The number of amides is 1. The third kappa shape index (κ3) is 3.28. The smallest absolute Gasteiger partial charge is 0.272 e. The van der Waals surface area contributed by atoms with Gasteiger partial charge in [0.15, 0.2) is 5.82 Å². The van der Waals surface area contributed by atoms with Crippen molar-refractivity contribution in [3.8, 4) is 0 Å². The van der Waals surface area contributed by atoms with Gasteiger partial charge in [-0.1, -0.05) is 0 Å². The minimum Gasteiger partial charge on any atom is -0.319 e. The molecular weight excluding hydrogens is 281 g/mol. The summed E-state index contributed by atoms with van der Waals surface area (Å²) in [7, 11) is 0. The van der Waals surface area contributed by atoms with Gasteiger partial charge in [0.1, 0.15) is 5.82 Å². The number of carbonyl (C=O) groups excluding carboxylic acids is 1. The number of pyridine rings is 1. The molecule has 2 rings (SSSR count). The first-order valence-corrected chi connectivity index (χ1v) is 5.69. The molecule has 0 fully saturated rings. The molecule has 9 heteroatoms. The van der Waals surface area contributed by atoms with E-state index in [1.165, 1.54) is 18.3 Å². The number of nitro benzene ring substituents is 1. The van der Waals surface area contributed by atoms with Crippen LogP contribution in [-0.2, 0) is 0 Å². The molecule has 0 aliphatic heterocycles. The van der Waals surface area contributed by atoms with Crippen molar-refractivity contribution in [3.63, 3.8) is 0 Å². The Kier molecular flexibility index (Phi) is 4.05. The molecule has 0 radical (unpaired) electrons. The number of hydrazine groups is 1. The molecule has 1 amide bonds. The minimum atomic E-state index is -0.897. The fraction of sp³-hybridized carbons (Fsp3) is 0. The number of rotatable bonds is 4. The average molecular weight is 291 g/mol. The summed E-state index contributed by atoms with van der Waals surface area (Å²) in [4.78, 5) is 25.5. The fourth-order valence-corrected chi connectivity index (χ4v) is 1.53. The Hall–Kier alpha value is -3.07. The molecule has 0 atom stereocenters. The largest absolute Gasteiger partial charge is 0.319 e. The maximum Gasteiger partial charge on any atom is 0.272 e. The van der Waals surface area contributed by atoms with Gasteiger partial charge < -0.3 is 10.7 Å². The predicted molar refractivity (Wildman–Crippen MR) is 73.1 cm³/mol. The molecule has 1 heterocycles. The molecule has 0 bridgehead atoms. The minimum absolute atomic E-state index is 0.161. The maximum atomic E-state index is 13.6. The summed E-state index contributed by atoms with van der Waals surface area (Å²) in [6, 6.07) is 5.87. The Morgan fingerprint density at radius 3 is 2.62 bits per heavy atom. The quantitative estimate of drug-likeness (QED) is 0.447. The lowest BCUT2D eigenvalue weighted by molar-refractivity contribution is -0.385. The first-order chi connectivity index (χ1) is 10.0. The van der Waals surface area contributed by atoms with Crippen molar-refractivity contribution >= 4 is 23.1 Å². The number of anilines is 2. The van der Waals surface area contributed by atoms with Crippen LogP contribution in [0.15, 0.2) is 36.5 Å². The van der Waals surface area contributed by atoms with Crippen LogP contribution in [0.1, 0.15) is 10.4 Å². The molecule has 1 aromatic heterocycles. The lowest BCUT2D eigenvalue weighted by Gasteiger charge is -2.06. The van der Waals surface area contributed by atoms with Gasteiger partial charge in [0, 0.05) is 12.3 Å². The van der Waals surface area contributed by atoms with E-state index >= 15 is 0 Å². The van der Waals surface area contributed by atoms with Crippen molar-refractivity contribution in [2.75, 3.05) is 10.7 Å². The van der Waals surface area contributed by atoms with Gasteiger partial charge in [-0.05, 0) is 18.2 Å². The highest BCUT2D eigenvalue weighted by atomic mass is 19.1. The van der Waals surface area contributed by atoms with Crippen LogP contribution in [0.3, 0.4) is 0 Å². The van der Waals surface area contributed by atoms with Gasteiger partial charge in [-0.25, -0.2) is 15.2 Å². The van der Waals surface area contributed by atoms with Gasteiger partial charge in [0.05, 0.1) is 22.2 Å². The number of carbonyl (C=O) groups is 1. The average Bonchev–Trinajstić information content (AvgIpc) is 2.49. The molecule has 108 valence electrons. The number of nitrogens with one attached hydrogen (secondary N) is 2. The first kappa shape index (κ1) is 14.3. The molecule has 0 saturated carbocycles. The van der Waals surface area contributed by atoms with Crippen LogP contribution in [0, 0.1) is 15.9 Å². The number of benzene rings is 1. The molecule has 4 N–H and O–H groups in total. The molecule has 1 aromatic carbocycles. The molecule has 0 aliphatic carbocycles. The molecule has 0 spiro atoms. The molecule has 0 aliphatic rings. The Labute approximate surface area is 117 Å². The highest BCUT2D eigenvalue weighted by Crippen LogP contribution is 2.21. The summed E-state index contributed by atoms with van der Waals surface area (Å²) in [6.45, 7) is 0. The van der Waals surface area contributed by atoms with E-state index in [4.69, 9.17) is 5.84 Å². The zero-order valence-corrected chi connectivity index (χ0v) is 10.5. The molecule has 8 nitrogen and oxygen atoms in total. The zero-order valence-electron chi connectivity index (χ0n) is 10.5. The third-order valence-corrected chi connectivity index (χ3v) is 2.59. The molecule has 0 saturated heterocycles. The van der Waals surface area contributed by atoms with Crippen molar-refractivity contribution in [2.45, 2.75) is 0 Å². The SMILES string of the molecule is NNc1ccc(C(=O)Nc2ccc([N+](=O)[O-])cc2F)cn1. The van der Waals surface area contributed by atoms with Gasteiger partial charge in [-0.15, -0.1) is 0 Å². The predicted octanol–water partition coefficient (Wildman–Crippen LogP) is 1.67. The van der Waals surface area contributed by atoms with Crippen LogP contribution in [0.2, 0.25) is 0 Å². The summed E-state index contributed by atoms with van der Waals surface area (Å²) in [5.41, 5.74) is 1.93. The number of halogens is 1. The molecular formula is C12H10FN5O3. The Balaban J connectivity index is 2.17. The normalized spacial score (nSPS) is 10.0. The van der Waals surface area contributed by atoms with Crippen molar-refractivity contribution < 1.29 is 14.1 Å². The zero-order chi connectivity index (χ0) is 15.4. The van der Waals surface area contributed by atoms with Crippen molar-refractivity contribution in [1.29, 1.82) is 0 Å². The van der Waals surface area contributed by atoms with Gasteiger partial charge in [0.25, 0.3) is 11.6 Å². The van der Waals surface area contributed by atoms with Gasteiger partial charge in [0.2, 0.25) is 0 Å². The van der Waals surface area contributed by atoms with E-state index in [0.29, 0.717) is 5.82 Å². The van der Waals surface area contributed by atoms with Gasteiger partial charge >= 0.3 is 0 Å².